The molecule has 3 rings (SSSR count). The Labute approximate surface area is 143 Å². The molecule has 4 heteroatoms. The number of benzene rings is 1. The Morgan fingerprint density at radius 1 is 1.29 bits per heavy atom. The van der Waals surface area contributed by atoms with E-state index in [0.717, 1.165) is 24.8 Å². The van der Waals surface area contributed by atoms with Gasteiger partial charge < -0.3 is 10.1 Å². The number of hydrogen-bond acceptors (Lipinski definition) is 3. The van der Waals surface area contributed by atoms with Crippen LogP contribution in [0.1, 0.15) is 50.4 Å². The molecule has 2 bridgehead atoms. The van der Waals surface area contributed by atoms with Crippen molar-refractivity contribution in [3.63, 3.8) is 0 Å². The molecule has 2 fully saturated rings. The lowest BCUT2D eigenvalue weighted by Gasteiger charge is -2.37. The van der Waals surface area contributed by atoms with E-state index in [2.05, 4.69) is 25.7 Å². The van der Waals surface area contributed by atoms with Crippen LogP contribution in [0, 0.1) is 16.7 Å². The number of amides is 1. The number of ether oxygens (including phenoxy) is 1. The average molecular weight is 327 g/mol. The Hall–Kier alpha value is -2.10. The van der Waals surface area contributed by atoms with Gasteiger partial charge in [-0.2, -0.15) is 0 Å². The number of rotatable bonds is 4. The van der Waals surface area contributed by atoms with Crippen LogP contribution < -0.4 is 5.32 Å². The Bertz CT molecular complexity index is 689. The first-order chi connectivity index (χ1) is 11.3. The lowest BCUT2D eigenvalue weighted by molar-refractivity contribution is -0.123. The smallest absolute Gasteiger partial charge is 0.338 e. The average Bonchev–Trinajstić information content (AvgIpc) is 3.08. The van der Waals surface area contributed by atoms with E-state index in [9.17, 15) is 9.59 Å². The number of anilines is 1. The number of fused-ring (bicyclic) bond motifs is 2. The van der Waals surface area contributed by atoms with Crippen LogP contribution in [0.25, 0.3) is 0 Å². The fraction of sp³-hybridized carbons (Fsp3) is 0.500. The van der Waals surface area contributed by atoms with Crippen molar-refractivity contribution in [3.8, 4) is 0 Å². The van der Waals surface area contributed by atoms with Gasteiger partial charge in [-0.25, -0.2) is 4.79 Å². The zero-order chi connectivity index (χ0) is 17.5. The van der Waals surface area contributed by atoms with Crippen LogP contribution >= 0.6 is 0 Å². The first-order valence-corrected chi connectivity index (χ1v) is 8.60. The van der Waals surface area contributed by atoms with Gasteiger partial charge in [0.2, 0.25) is 5.91 Å². The van der Waals surface area contributed by atoms with Crippen molar-refractivity contribution in [2.75, 3.05) is 11.9 Å². The molecule has 2 aliphatic carbocycles. The molecule has 0 aromatic heterocycles. The maximum absolute atomic E-state index is 13.0. The fourth-order valence-corrected chi connectivity index (χ4v) is 4.30. The number of carbonyl (C=O) groups is 2. The molecule has 2 unspecified atom stereocenters. The van der Waals surface area contributed by atoms with E-state index in [1.165, 1.54) is 0 Å². The van der Waals surface area contributed by atoms with Crippen LogP contribution in [0.4, 0.5) is 5.69 Å². The minimum atomic E-state index is -0.437. The molecule has 0 saturated heterocycles. The van der Waals surface area contributed by atoms with Crippen LogP contribution in [0.15, 0.2) is 36.4 Å². The van der Waals surface area contributed by atoms with Gasteiger partial charge in [-0.1, -0.05) is 26.0 Å². The van der Waals surface area contributed by atoms with Gasteiger partial charge >= 0.3 is 5.97 Å². The molecule has 24 heavy (non-hydrogen) atoms. The van der Waals surface area contributed by atoms with Crippen molar-refractivity contribution in [1.29, 1.82) is 0 Å². The largest absolute Gasteiger partial charge is 0.462 e. The summed E-state index contributed by atoms with van der Waals surface area (Å²) in [6.45, 7) is 10.8. The molecule has 4 nitrogen and oxygen atoms in total. The summed E-state index contributed by atoms with van der Waals surface area (Å²) in [6.07, 6.45) is 2.86. The zero-order valence-corrected chi connectivity index (χ0v) is 14.6. The van der Waals surface area contributed by atoms with Crippen LogP contribution in [0.5, 0.6) is 0 Å². The topological polar surface area (TPSA) is 55.4 Å². The molecule has 1 aromatic rings. The maximum Gasteiger partial charge on any atom is 0.338 e. The summed E-state index contributed by atoms with van der Waals surface area (Å²) in [5, 5.41) is 3.02. The molecule has 0 aliphatic heterocycles. The molecule has 2 saturated carbocycles. The van der Waals surface area contributed by atoms with Gasteiger partial charge in [0.15, 0.2) is 0 Å². The van der Waals surface area contributed by atoms with Crippen molar-refractivity contribution in [2.24, 2.45) is 16.7 Å². The van der Waals surface area contributed by atoms with Gasteiger partial charge in [0.1, 0.15) is 0 Å². The van der Waals surface area contributed by atoms with Crippen molar-refractivity contribution < 1.29 is 14.3 Å². The molecule has 128 valence electrons. The highest BCUT2D eigenvalue weighted by Crippen LogP contribution is 2.65. The first kappa shape index (κ1) is 16.7. The molecule has 2 atom stereocenters. The fourth-order valence-electron chi connectivity index (χ4n) is 4.30. The zero-order valence-electron chi connectivity index (χ0n) is 14.6. The summed E-state index contributed by atoms with van der Waals surface area (Å²) in [4.78, 5) is 24.6. The van der Waals surface area contributed by atoms with Gasteiger partial charge in [0.05, 0.1) is 17.6 Å². The molecule has 1 amide bonds. The Balaban J connectivity index is 1.74. The lowest BCUT2D eigenvalue weighted by Crippen LogP contribution is -2.37. The Morgan fingerprint density at radius 3 is 2.50 bits per heavy atom. The van der Waals surface area contributed by atoms with E-state index in [1.807, 2.05) is 0 Å². The third-order valence-electron chi connectivity index (χ3n) is 5.98. The first-order valence-electron chi connectivity index (χ1n) is 8.60. The highest BCUT2D eigenvalue weighted by atomic mass is 16.5. The van der Waals surface area contributed by atoms with E-state index in [0.29, 0.717) is 23.8 Å². The lowest BCUT2D eigenvalue weighted by atomic mass is 9.68. The molecule has 1 N–H and O–H groups in total. The van der Waals surface area contributed by atoms with Gasteiger partial charge in [0, 0.05) is 5.69 Å². The highest BCUT2D eigenvalue weighted by molar-refractivity contribution is 5.99. The summed E-state index contributed by atoms with van der Waals surface area (Å²) in [7, 11) is 0. The Kier molecular flexibility index (Phi) is 4.02. The van der Waals surface area contributed by atoms with E-state index in [1.54, 1.807) is 31.2 Å². The molecule has 2 aliphatic rings. The number of carbonyl (C=O) groups excluding carboxylic acids is 2. The van der Waals surface area contributed by atoms with Gasteiger partial charge in [-0.05, 0) is 61.8 Å². The monoisotopic (exact) mass is 327 g/mol. The number of hydrogen-bond donors (Lipinski definition) is 1. The third kappa shape index (κ3) is 2.45. The van der Waals surface area contributed by atoms with Crippen LogP contribution in [0.2, 0.25) is 0 Å². The second-order valence-electron chi connectivity index (χ2n) is 7.47. The van der Waals surface area contributed by atoms with Crippen LogP contribution in [-0.2, 0) is 9.53 Å². The highest BCUT2D eigenvalue weighted by Gasteiger charge is 2.60. The van der Waals surface area contributed by atoms with Crippen molar-refractivity contribution in [2.45, 2.75) is 40.0 Å². The van der Waals surface area contributed by atoms with Crippen molar-refractivity contribution in [3.05, 3.63) is 42.0 Å². The normalized spacial score (nSPS) is 27.1. The van der Waals surface area contributed by atoms with Crippen molar-refractivity contribution >= 4 is 17.6 Å². The summed E-state index contributed by atoms with van der Waals surface area (Å²) in [6, 6.07) is 6.85. The SMILES string of the molecule is C=C1C2(C(=O)Nc3ccc(C(=O)OCC)cc3)CCC(C2)C1(C)C. The minimum absolute atomic E-state index is 0.0311. The standard InChI is InChI=1S/C20H25NO3/c1-5-24-17(22)14-6-8-16(9-7-14)21-18(23)20-11-10-15(12-20)19(3,4)13(20)2/h6-9,15H,2,5,10-12H2,1,3-4H3,(H,21,23). The summed E-state index contributed by atoms with van der Waals surface area (Å²) < 4.78 is 4.97. The second-order valence-corrected chi connectivity index (χ2v) is 7.47. The molecule has 0 radical (unpaired) electrons. The maximum atomic E-state index is 13.0. The van der Waals surface area contributed by atoms with Crippen LogP contribution in [0.3, 0.4) is 0 Å². The van der Waals surface area contributed by atoms with Gasteiger partial charge in [0.25, 0.3) is 0 Å². The van der Waals surface area contributed by atoms with Crippen LogP contribution in [-0.4, -0.2) is 18.5 Å². The van der Waals surface area contributed by atoms with Gasteiger partial charge in [-0.3, -0.25) is 4.79 Å². The molecule has 1 aromatic carbocycles. The Morgan fingerprint density at radius 2 is 1.96 bits per heavy atom. The summed E-state index contributed by atoms with van der Waals surface area (Å²) in [5.74, 6) is 0.227. The summed E-state index contributed by atoms with van der Waals surface area (Å²) >= 11 is 0. The third-order valence-corrected chi connectivity index (χ3v) is 5.98. The molecular weight excluding hydrogens is 302 g/mol. The second kappa shape index (κ2) is 5.76. The minimum Gasteiger partial charge on any atom is -0.462 e. The quantitative estimate of drug-likeness (QED) is 0.666. The van der Waals surface area contributed by atoms with E-state index in [-0.39, 0.29) is 17.3 Å². The summed E-state index contributed by atoms with van der Waals surface area (Å²) in [5.41, 5.74) is 1.84. The van der Waals surface area contributed by atoms with Crippen molar-refractivity contribution in [1.82, 2.24) is 0 Å². The predicted octanol–water partition coefficient (Wildman–Crippen LogP) is 4.18. The number of nitrogens with one attached hydrogen (secondary N) is 1. The van der Waals surface area contributed by atoms with E-state index < -0.39 is 5.41 Å². The van der Waals surface area contributed by atoms with E-state index in [4.69, 9.17) is 4.74 Å². The van der Waals surface area contributed by atoms with Gasteiger partial charge in [-0.15, -0.1) is 0 Å². The molecular formula is C20H25NO3. The van der Waals surface area contributed by atoms with E-state index >= 15 is 0 Å². The predicted molar refractivity (Wildman–Crippen MR) is 93.7 cm³/mol. The number of esters is 1. The molecule has 0 heterocycles. The molecule has 0 spiro atoms.